The van der Waals surface area contributed by atoms with E-state index in [9.17, 15) is 0 Å². The average molecular weight is 141 g/mol. The molecule has 0 fully saturated rings. The van der Waals surface area contributed by atoms with Crippen LogP contribution < -0.4 is 5.73 Å². The van der Waals surface area contributed by atoms with Crippen molar-refractivity contribution in [3.63, 3.8) is 0 Å². The Kier molecular flexibility index (Phi) is 3.11. The molecule has 0 unspecified atom stereocenters. The highest BCUT2D eigenvalue weighted by Crippen LogP contribution is 2.05. The third-order valence-corrected chi connectivity index (χ3v) is 0.982. The maximum Gasteiger partial charge on any atom is 0.144 e. The first-order chi connectivity index (χ1) is 4.63. The van der Waals surface area contributed by atoms with Gasteiger partial charge in [0.2, 0.25) is 0 Å². The fourth-order valence-corrected chi connectivity index (χ4v) is 0.445. The van der Waals surface area contributed by atoms with Crippen LogP contribution in [0.1, 0.15) is 0 Å². The molecule has 3 N–H and O–H groups in total. The molecule has 0 heterocycles. The summed E-state index contributed by atoms with van der Waals surface area (Å²) in [6.07, 6.45) is 1.40. The Hall–Kier alpha value is -1.38. The zero-order valence-corrected chi connectivity index (χ0v) is 5.92. The van der Waals surface area contributed by atoms with E-state index < -0.39 is 0 Å². The zero-order valence-electron chi connectivity index (χ0n) is 5.92. The standard InChI is InChI=1S/C7H11NO2/c1-4-6(10-3)7(8)5(2)9/h4,9H,1-2,8H2,3H3/b7-6-. The van der Waals surface area contributed by atoms with E-state index in [1.807, 2.05) is 0 Å². The van der Waals surface area contributed by atoms with Crippen LogP contribution in [0.25, 0.3) is 0 Å². The highest BCUT2D eigenvalue weighted by Gasteiger charge is 2.00. The first kappa shape index (κ1) is 8.62. The quantitative estimate of drug-likeness (QED) is 0.456. The lowest BCUT2D eigenvalue weighted by Gasteiger charge is -2.03. The number of rotatable bonds is 3. The predicted molar refractivity (Wildman–Crippen MR) is 40.2 cm³/mol. The predicted octanol–water partition coefficient (Wildman–Crippen LogP) is 1.06. The van der Waals surface area contributed by atoms with Gasteiger partial charge in [0, 0.05) is 0 Å². The molecule has 3 nitrogen and oxygen atoms in total. The van der Waals surface area contributed by atoms with Gasteiger partial charge >= 0.3 is 0 Å². The molecule has 0 aliphatic heterocycles. The van der Waals surface area contributed by atoms with Crippen molar-refractivity contribution in [2.45, 2.75) is 0 Å². The van der Waals surface area contributed by atoms with Gasteiger partial charge in [-0.1, -0.05) is 13.2 Å². The topological polar surface area (TPSA) is 55.5 Å². The van der Waals surface area contributed by atoms with Crippen molar-refractivity contribution in [3.8, 4) is 0 Å². The number of ether oxygens (including phenoxy) is 1. The van der Waals surface area contributed by atoms with Gasteiger partial charge in [0.1, 0.15) is 17.2 Å². The number of methoxy groups -OCH3 is 1. The Labute approximate surface area is 60.1 Å². The minimum atomic E-state index is -0.211. The molecule has 0 aromatic rings. The van der Waals surface area contributed by atoms with Crippen molar-refractivity contribution in [2.75, 3.05) is 7.11 Å². The zero-order chi connectivity index (χ0) is 8.15. The minimum Gasteiger partial charge on any atom is -0.506 e. The van der Waals surface area contributed by atoms with Gasteiger partial charge in [0.05, 0.1) is 7.11 Å². The molecule has 0 spiro atoms. The van der Waals surface area contributed by atoms with Gasteiger partial charge < -0.3 is 15.6 Å². The molecule has 56 valence electrons. The Morgan fingerprint density at radius 1 is 1.70 bits per heavy atom. The molecule has 0 bridgehead atoms. The lowest BCUT2D eigenvalue weighted by molar-refractivity contribution is 0.297. The maximum atomic E-state index is 8.75. The van der Waals surface area contributed by atoms with Crippen LogP contribution >= 0.6 is 0 Å². The average Bonchev–Trinajstić information content (AvgIpc) is 1.90. The third kappa shape index (κ3) is 1.85. The van der Waals surface area contributed by atoms with Crippen LogP contribution in [0.5, 0.6) is 0 Å². The molecule has 0 atom stereocenters. The summed E-state index contributed by atoms with van der Waals surface area (Å²) in [5, 5.41) is 8.75. The summed E-state index contributed by atoms with van der Waals surface area (Å²) in [4.78, 5) is 0. The van der Waals surface area contributed by atoms with Crippen molar-refractivity contribution >= 4 is 0 Å². The second-order valence-corrected chi connectivity index (χ2v) is 1.63. The van der Waals surface area contributed by atoms with Crippen LogP contribution in [0.4, 0.5) is 0 Å². The van der Waals surface area contributed by atoms with Crippen LogP contribution in [-0.2, 0) is 4.74 Å². The molecule has 0 rings (SSSR count). The second kappa shape index (κ2) is 3.61. The van der Waals surface area contributed by atoms with Gasteiger partial charge in [-0.2, -0.15) is 0 Å². The van der Waals surface area contributed by atoms with Gasteiger partial charge in [-0.15, -0.1) is 0 Å². The molecule has 0 aromatic heterocycles. The molecule has 0 saturated heterocycles. The lowest BCUT2D eigenvalue weighted by Crippen LogP contribution is -2.04. The molecule has 3 heteroatoms. The van der Waals surface area contributed by atoms with Crippen LogP contribution in [-0.4, -0.2) is 12.2 Å². The smallest absolute Gasteiger partial charge is 0.144 e. The summed E-state index contributed by atoms with van der Waals surface area (Å²) < 4.78 is 4.74. The van der Waals surface area contributed by atoms with Gasteiger partial charge in [0.25, 0.3) is 0 Å². The summed E-state index contributed by atoms with van der Waals surface area (Å²) in [7, 11) is 1.44. The van der Waals surface area contributed by atoms with Gasteiger partial charge in [-0.25, -0.2) is 0 Å². The van der Waals surface area contributed by atoms with Crippen molar-refractivity contribution in [2.24, 2.45) is 5.73 Å². The number of allylic oxidation sites excluding steroid dienone is 1. The van der Waals surface area contributed by atoms with Gasteiger partial charge in [-0.05, 0) is 6.08 Å². The molecule has 10 heavy (non-hydrogen) atoms. The number of hydrogen-bond donors (Lipinski definition) is 2. The normalized spacial score (nSPS) is 11.7. The summed E-state index contributed by atoms with van der Waals surface area (Å²) in [6, 6.07) is 0. The van der Waals surface area contributed by atoms with Crippen LogP contribution in [0, 0.1) is 0 Å². The van der Waals surface area contributed by atoms with Crippen LogP contribution in [0.2, 0.25) is 0 Å². The fraction of sp³-hybridized carbons (Fsp3) is 0.143. The van der Waals surface area contributed by atoms with Crippen molar-refractivity contribution in [1.29, 1.82) is 0 Å². The molecular weight excluding hydrogens is 130 g/mol. The third-order valence-electron chi connectivity index (χ3n) is 0.982. The molecule has 0 saturated carbocycles. The van der Waals surface area contributed by atoms with Crippen LogP contribution in [0.15, 0.2) is 36.4 Å². The monoisotopic (exact) mass is 141 g/mol. The van der Waals surface area contributed by atoms with E-state index in [1.165, 1.54) is 13.2 Å². The van der Waals surface area contributed by atoms with E-state index in [2.05, 4.69) is 13.2 Å². The highest BCUT2D eigenvalue weighted by atomic mass is 16.5. The number of aliphatic hydroxyl groups is 1. The number of aliphatic hydroxyl groups excluding tert-OH is 1. The SMILES string of the molecule is C=C/C(OC)=C(/N)C(=C)O. The Balaban J connectivity index is 4.59. The summed E-state index contributed by atoms with van der Waals surface area (Å²) in [5.74, 6) is 0.115. The summed E-state index contributed by atoms with van der Waals surface area (Å²) in [6.45, 7) is 6.64. The van der Waals surface area contributed by atoms with E-state index in [0.29, 0.717) is 5.76 Å². The van der Waals surface area contributed by atoms with E-state index in [-0.39, 0.29) is 11.5 Å². The van der Waals surface area contributed by atoms with E-state index in [0.717, 1.165) is 0 Å². The maximum absolute atomic E-state index is 8.75. The van der Waals surface area contributed by atoms with Crippen molar-refractivity contribution in [1.82, 2.24) is 0 Å². The van der Waals surface area contributed by atoms with E-state index in [1.54, 1.807) is 0 Å². The number of nitrogens with two attached hydrogens (primary N) is 1. The Morgan fingerprint density at radius 3 is 2.30 bits per heavy atom. The van der Waals surface area contributed by atoms with Gasteiger partial charge in [-0.3, -0.25) is 0 Å². The largest absolute Gasteiger partial charge is 0.506 e. The lowest BCUT2D eigenvalue weighted by atomic mass is 10.3. The molecule has 0 aliphatic rings. The minimum absolute atomic E-state index is 0.109. The van der Waals surface area contributed by atoms with E-state index >= 15 is 0 Å². The Morgan fingerprint density at radius 2 is 2.20 bits per heavy atom. The molecule has 0 aromatic carbocycles. The Bertz CT molecular complexity index is 182. The first-order valence-electron chi connectivity index (χ1n) is 2.68. The number of hydrogen-bond acceptors (Lipinski definition) is 3. The second-order valence-electron chi connectivity index (χ2n) is 1.63. The summed E-state index contributed by atoms with van der Waals surface area (Å²) in [5.41, 5.74) is 5.42. The highest BCUT2D eigenvalue weighted by molar-refractivity contribution is 5.27. The van der Waals surface area contributed by atoms with Gasteiger partial charge in [0.15, 0.2) is 0 Å². The fourth-order valence-electron chi connectivity index (χ4n) is 0.445. The molecular formula is C7H11NO2. The summed E-state index contributed by atoms with van der Waals surface area (Å²) >= 11 is 0. The van der Waals surface area contributed by atoms with Crippen molar-refractivity contribution in [3.05, 3.63) is 36.4 Å². The first-order valence-corrected chi connectivity index (χ1v) is 2.68. The van der Waals surface area contributed by atoms with Crippen LogP contribution in [0.3, 0.4) is 0 Å². The van der Waals surface area contributed by atoms with E-state index in [4.69, 9.17) is 15.6 Å². The molecule has 0 radical (unpaired) electrons. The molecule has 0 aliphatic carbocycles. The molecule has 0 amide bonds. The van der Waals surface area contributed by atoms with Crippen molar-refractivity contribution < 1.29 is 9.84 Å².